The second-order valence-electron chi connectivity index (χ2n) is 6.83. The maximum atomic E-state index is 12.0. The van der Waals surface area contributed by atoms with Crippen LogP contribution in [0.25, 0.3) is 5.69 Å². The van der Waals surface area contributed by atoms with Crippen LogP contribution >= 0.6 is 11.8 Å². The number of carbonyl (C=O) groups excluding carboxylic acids is 1. The minimum atomic E-state index is -0.118. The molecule has 3 rings (SSSR count). The van der Waals surface area contributed by atoms with Crippen molar-refractivity contribution in [3.8, 4) is 5.69 Å². The summed E-state index contributed by atoms with van der Waals surface area (Å²) in [7, 11) is 0. The smallest absolute Gasteiger partial charge is 0.250 e. The highest BCUT2D eigenvalue weighted by Gasteiger charge is 2.10. The van der Waals surface area contributed by atoms with Crippen LogP contribution in [-0.4, -0.2) is 22.4 Å². The third-order valence-corrected chi connectivity index (χ3v) is 5.74. The van der Waals surface area contributed by atoms with Crippen molar-refractivity contribution in [1.29, 1.82) is 0 Å². The average molecular weight is 392 g/mol. The van der Waals surface area contributed by atoms with E-state index < -0.39 is 0 Å². The summed E-state index contributed by atoms with van der Waals surface area (Å²) in [4.78, 5) is 13.1. The summed E-state index contributed by atoms with van der Waals surface area (Å²) in [5.74, 6) is 0.219. The average Bonchev–Trinajstić information content (AvgIpc) is 2.97. The summed E-state index contributed by atoms with van der Waals surface area (Å²) in [5, 5.41) is 4.14. The zero-order chi connectivity index (χ0) is 20.1. The number of thioether (sulfide) groups is 1. The summed E-state index contributed by atoms with van der Waals surface area (Å²) in [6.07, 6.45) is 1.71. The normalized spacial score (nSPS) is 11.1. The summed E-state index contributed by atoms with van der Waals surface area (Å²) >= 11 is 1.49. The van der Waals surface area contributed by atoms with Gasteiger partial charge in [0.1, 0.15) is 0 Å². The van der Waals surface area contributed by atoms with Crippen molar-refractivity contribution in [2.24, 2.45) is 5.10 Å². The Kier molecular flexibility index (Phi) is 6.37. The summed E-state index contributed by atoms with van der Waals surface area (Å²) < 4.78 is 2.21. The Morgan fingerprint density at radius 3 is 2.50 bits per heavy atom. The molecule has 0 bridgehead atoms. The van der Waals surface area contributed by atoms with Crippen LogP contribution in [0.1, 0.15) is 28.1 Å². The molecule has 2 aromatic carbocycles. The van der Waals surface area contributed by atoms with Gasteiger partial charge in [0.2, 0.25) is 5.91 Å². The van der Waals surface area contributed by atoms with Crippen molar-refractivity contribution in [2.75, 3.05) is 5.75 Å². The number of nitrogens with one attached hydrogen (secondary N) is 1. The van der Waals surface area contributed by atoms with Gasteiger partial charge in [-0.05, 0) is 69.2 Å². The molecule has 0 atom stereocenters. The van der Waals surface area contributed by atoms with Gasteiger partial charge in [0.15, 0.2) is 0 Å². The van der Waals surface area contributed by atoms with Gasteiger partial charge in [-0.25, -0.2) is 5.43 Å². The quantitative estimate of drug-likeness (QED) is 0.367. The van der Waals surface area contributed by atoms with Crippen LogP contribution in [0.15, 0.2) is 64.6 Å². The van der Waals surface area contributed by atoms with E-state index in [0.717, 1.165) is 27.5 Å². The summed E-state index contributed by atoms with van der Waals surface area (Å²) in [5.41, 5.74) is 9.52. The molecule has 0 unspecified atom stereocenters. The fourth-order valence-corrected chi connectivity index (χ4v) is 3.76. The van der Waals surface area contributed by atoms with Crippen LogP contribution in [0.4, 0.5) is 0 Å². The molecule has 28 heavy (non-hydrogen) atoms. The standard InChI is InChI=1S/C23H25N3OS/c1-16-10-11-21(12-17(16)2)26-18(3)13-20(19(26)4)14-24-25-23(27)15-28-22-8-6-5-7-9-22/h5-14H,15H2,1-4H3,(H,25,27)/b24-14-. The topological polar surface area (TPSA) is 46.4 Å². The van der Waals surface area contributed by atoms with E-state index in [9.17, 15) is 4.79 Å². The highest BCUT2D eigenvalue weighted by Crippen LogP contribution is 2.22. The van der Waals surface area contributed by atoms with Crippen LogP contribution in [0.3, 0.4) is 0 Å². The first-order valence-electron chi connectivity index (χ1n) is 9.22. The molecule has 4 nitrogen and oxygen atoms in total. The molecule has 5 heteroatoms. The molecule has 3 aromatic rings. The molecule has 0 aliphatic carbocycles. The first-order valence-corrected chi connectivity index (χ1v) is 10.2. The Labute approximate surface area is 170 Å². The van der Waals surface area contributed by atoms with Crippen molar-refractivity contribution < 1.29 is 4.79 Å². The largest absolute Gasteiger partial charge is 0.318 e. The van der Waals surface area contributed by atoms with Crippen molar-refractivity contribution in [3.05, 3.63) is 82.7 Å². The number of benzene rings is 2. The Morgan fingerprint density at radius 2 is 1.79 bits per heavy atom. The Bertz CT molecular complexity index is 1010. The Balaban J connectivity index is 1.66. The number of aromatic nitrogens is 1. The highest BCUT2D eigenvalue weighted by molar-refractivity contribution is 8.00. The van der Waals surface area contributed by atoms with E-state index in [-0.39, 0.29) is 5.91 Å². The van der Waals surface area contributed by atoms with E-state index in [1.807, 2.05) is 30.3 Å². The predicted molar refractivity (Wildman–Crippen MR) is 118 cm³/mol. The number of carbonyl (C=O) groups is 1. The van der Waals surface area contributed by atoms with E-state index in [4.69, 9.17) is 0 Å². The molecule has 0 saturated heterocycles. The molecule has 0 radical (unpaired) electrons. The molecule has 0 saturated carbocycles. The molecule has 1 amide bonds. The number of hydrazone groups is 1. The fraction of sp³-hybridized carbons (Fsp3) is 0.217. The van der Waals surface area contributed by atoms with Gasteiger partial charge in [0, 0.05) is 27.5 Å². The SMILES string of the molecule is Cc1ccc(-n2c(C)cc(/C=N\NC(=O)CSc3ccccc3)c2C)cc1C. The molecule has 0 aliphatic heterocycles. The van der Waals surface area contributed by atoms with E-state index in [2.05, 4.69) is 67.1 Å². The van der Waals surface area contributed by atoms with Crippen molar-refractivity contribution in [3.63, 3.8) is 0 Å². The van der Waals surface area contributed by atoms with Gasteiger partial charge in [0.25, 0.3) is 0 Å². The van der Waals surface area contributed by atoms with Gasteiger partial charge in [0.05, 0.1) is 12.0 Å². The molecular weight excluding hydrogens is 366 g/mol. The number of nitrogens with zero attached hydrogens (tertiary/aromatic N) is 2. The molecule has 0 spiro atoms. The lowest BCUT2D eigenvalue weighted by molar-refractivity contribution is -0.118. The highest BCUT2D eigenvalue weighted by atomic mass is 32.2. The lowest BCUT2D eigenvalue weighted by Crippen LogP contribution is -2.19. The molecular formula is C23H25N3OS. The fourth-order valence-electron chi connectivity index (χ4n) is 3.05. The zero-order valence-corrected chi connectivity index (χ0v) is 17.5. The van der Waals surface area contributed by atoms with Crippen LogP contribution in [0.5, 0.6) is 0 Å². The number of hydrogen-bond donors (Lipinski definition) is 1. The lowest BCUT2D eigenvalue weighted by Gasteiger charge is -2.11. The Hall–Kier alpha value is -2.79. The number of hydrogen-bond acceptors (Lipinski definition) is 3. The third-order valence-electron chi connectivity index (χ3n) is 4.72. The monoisotopic (exact) mass is 391 g/mol. The van der Waals surface area contributed by atoms with Gasteiger partial charge in [-0.2, -0.15) is 5.10 Å². The molecule has 1 N–H and O–H groups in total. The van der Waals surface area contributed by atoms with Crippen molar-refractivity contribution in [1.82, 2.24) is 9.99 Å². The minimum absolute atomic E-state index is 0.118. The van der Waals surface area contributed by atoms with Crippen LogP contribution in [0, 0.1) is 27.7 Å². The van der Waals surface area contributed by atoms with Gasteiger partial charge in [-0.3, -0.25) is 4.79 Å². The summed E-state index contributed by atoms with van der Waals surface area (Å²) in [6.45, 7) is 8.38. The zero-order valence-electron chi connectivity index (χ0n) is 16.7. The predicted octanol–water partition coefficient (Wildman–Crippen LogP) is 4.95. The lowest BCUT2D eigenvalue weighted by atomic mass is 10.1. The minimum Gasteiger partial charge on any atom is -0.318 e. The summed E-state index contributed by atoms with van der Waals surface area (Å²) in [6, 6.07) is 18.4. The molecule has 1 heterocycles. The van der Waals surface area contributed by atoms with E-state index in [0.29, 0.717) is 5.75 Å². The maximum absolute atomic E-state index is 12.0. The van der Waals surface area contributed by atoms with E-state index in [1.54, 1.807) is 6.21 Å². The molecule has 1 aromatic heterocycles. The number of amides is 1. The van der Waals surface area contributed by atoms with Gasteiger partial charge in [-0.1, -0.05) is 24.3 Å². The number of aryl methyl sites for hydroxylation is 3. The van der Waals surface area contributed by atoms with Gasteiger partial charge in [-0.15, -0.1) is 11.8 Å². The Morgan fingerprint density at radius 1 is 1.04 bits per heavy atom. The first-order chi connectivity index (χ1) is 13.5. The van der Waals surface area contributed by atoms with E-state index in [1.165, 1.54) is 22.9 Å². The molecule has 0 fully saturated rings. The van der Waals surface area contributed by atoms with Crippen LogP contribution in [-0.2, 0) is 4.79 Å². The van der Waals surface area contributed by atoms with Crippen LogP contribution in [0.2, 0.25) is 0 Å². The third kappa shape index (κ3) is 4.73. The van der Waals surface area contributed by atoms with Gasteiger partial charge >= 0.3 is 0 Å². The molecule has 0 aliphatic rings. The molecule has 144 valence electrons. The van der Waals surface area contributed by atoms with E-state index >= 15 is 0 Å². The first kappa shape index (κ1) is 20.0. The van der Waals surface area contributed by atoms with Gasteiger partial charge < -0.3 is 4.57 Å². The van der Waals surface area contributed by atoms with Crippen molar-refractivity contribution in [2.45, 2.75) is 32.6 Å². The van der Waals surface area contributed by atoms with Crippen molar-refractivity contribution >= 4 is 23.9 Å². The van der Waals surface area contributed by atoms with Crippen LogP contribution < -0.4 is 5.43 Å². The number of rotatable bonds is 6. The second-order valence-corrected chi connectivity index (χ2v) is 7.87. The second kappa shape index (κ2) is 8.93. The maximum Gasteiger partial charge on any atom is 0.250 e.